The van der Waals surface area contributed by atoms with Crippen molar-refractivity contribution in [2.24, 2.45) is 17.2 Å². The first-order valence-corrected chi connectivity index (χ1v) is 14.1. The fraction of sp³-hybridized carbons (Fsp3) is 0.583. The number of imidazole rings is 1. The van der Waals surface area contributed by atoms with E-state index in [4.69, 9.17) is 22.6 Å². The number of carbonyl (C=O) groups excluding carboxylic acids is 5. The number of carboxylic acids is 1. The zero-order valence-electron chi connectivity index (χ0n) is 23.4. The van der Waals surface area contributed by atoms with Gasteiger partial charge in [0.2, 0.25) is 29.5 Å². The predicted molar refractivity (Wildman–Crippen MR) is 155 cm³/mol. The summed E-state index contributed by atoms with van der Waals surface area (Å²) >= 11 is 4.17. The van der Waals surface area contributed by atoms with Crippen molar-refractivity contribution in [1.82, 2.24) is 36.1 Å². The van der Waals surface area contributed by atoms with Gasteiger partial charge in [-0.1, -0.05) is 0 Å². The predicted octanol–water partition coefficient (Wildman–Crippen LogP) is -4.12. The van der Waals surface area contributed by atoms with Crippen molar-refractivity contribution in [3.8, 4) is 0 Å². The van der Waals surface area contributed by atoms with Gasteiger partial charge in [0, 0.05) is 31.5 Å². The number of hydrogen-bond acceptors (Lipinski definition) is 10. The zero-order chi connectivity index (χ0) is 32.1. The zero-order valence-corrected chi connectivity index (χ0v) is 24.3. The summed E-state index contributed by atoms with van der Waals surface area (Å²) < 4.78 is 0. The summed E-state index contributed by atoms with van der Waals surface area (Å²) in [5.74, 6) is -5.49. The number of aromatic amines is 1. The van der Waals surface area contributed by atoms with E-state index in [1.54, 1.807) is 0 Å². The van der Waals surface area contributed by atoms with E-state index in [9.17, 15) is 33.9 Å². The number of nitrogens with zero attached hydrogens (tertiary/aromatic N) is 2. The van der Waals surface area contributed by atoms with Crippen LogP contribution in [0.2, 0.25) is 0 Å². The minimum atomic E-state index is -1.51. The third-order valence-electron chi connectivity index (χ3n) is 6.60. The van der Waals surface area contributed by atoms with E-state index < -0.39 is 72.1 Å². The van der Waals surface area contributed by atoms with Crippen LogP contribution in [-0.4, -0.2) is 110 Å². The van der Waals surface area contributed by atoms with Gasteiger partial charge in [0.1, 0.15) is 24.2 Å². The van der Waals surface area contributed by atoms with Gasteiger partial charge in [-0.3, -0.25) is 29.4 Å². The Morgan fingerprint density at radius 2 is 1.81 bits per heavy atom. The normalized spacial score (nSPS) is 17.2. The van der Waals surface area contributed by atoms with E-state index in [-0.39, 0.29) is 37.5 Å². The summed E-state index contributed by atoms with van der Waals surface area (Å²) in [6, 6.07) is -6.02. The van der Waals surface area contributed by atoms with Gasteiger partial charge in [-0.15, -0.1) is 0 Å². The molecule has 1 aliphatic heterocycles. The highest BCUT2D eigenvalue weighted by atomic mass is 32.1. The molecule has 0 saturated carbocycles. The maximum atomic E-state index is 13.3. The topological polar surface area (TPSA) is 305 Å². The molecule has 0 aromatic carbocycles. The lowest BCUT2D eigenvalue weighted by molar-refractivity contribution is -0.143. The van der Waals surface area contributed by atoms with E-state index in [0.717, 1.165) is 0 Å². The number of nitrogens with one attached hydrogen (secondary N) is 6. The number of amides is 5. The number of thiol groups is 1. The van der Waals surface area contributed by atoms with Crippen LogP contribution in [0.4, 0.5) is 0 Å². The molecule has 0 radical (unpaired) electrons. The average molecular weight is 626 g/mol. The van der Waals surface area contributed by atoms with Crippen LogP contribution in [0.15, 0.2) is 12.5 Å². The maximum absolute atomic E-state index is 13.3. The summed E-state index contributed by atoms with van der Waals surface area (Å²) in [4.78, 5) is 83.4. The Kier molecular flexibility index (Phi) is 13.7. The van der Waals surface area contributed by atoms with Gasteiger partial charge in [0.05, 0.1) is 24.5 Å². The molecule has 13 N–H and O–H groups in total. The quantitative estimate of drug-likeness (QED) is 0.0342. The molecular weight excluding hydrogens is 586 g/mol. The lowest BCUT2D eigenvalue weighted by Gasteiger charge is -2.29. The second-order valence-corrected chi connectivity index (χ2v) is 10.3. The lowest BCUT2D eigenvalue weighted by atomic mass is 10.1. The fourth-order valence-corrected chi connectivity index (χ4v) is 4.65. The molecule has 18 nitrogen and oxygen atoms in total. The van der Waals surface area contributed by atoms with Gasteiger partial charge in [-0.05, 0) is 25.7 Å². The Balaban J connectivity index is 2.05. The molecule has 0 aliphatic carbocycles. The highest BCUT2D eigenvalue weighted by Crippen LogP contribution is 2.19. The van der Waals surface area contributed by atoms with Crippen molar-refractivity contribution in [3.63, 3.8) is 0 Å². The Morgan fingerprint density at radius 3 is 2.40 bits per heavy atom. The molecular formula is C24H39N11O7S. The standard InChI is InChI=1S/C24H39N11O7S/c25-13(3-1-5-30-24(27)28)19(37)34-16(10-43)22(40)35-6-2-4-17(35)21(39)32-14(8-18(26)36)20(38)33-15(23(41)42)7-12-9-29-11-31-12/h9,11,13-17,43H,1-8,10,25H2,(H2,26,36)(H,29,31)(H,32,39)(H,33,38)(H,34,37)(H,41,42)(H4,27,28,30)/t13-,14-,15-,16-,17-/m0/s1. The van der Waals surface area contributed by atoms with Gasteiger partial charge < -0.3 is 53.5 Å². The smallest absolute Gasteiger partial charge is 0.326 e. The number of aromatic nitrogens is 2. The van der Waals surface area contributed by atoms with Crippen LogP contribution >= 0.6 is 12.6 Å². The number of likely N-dealkylation sites (tertiary alicyclic amines) is 1. The first-order chi connectivity index (χ1) is 20.3. The minimum Gasteiger partial charge on any atom is -0.480 e. The molecule has 2 heterocycles. The summed E-state index contributed by atoms with van der Waals surface area (Å²) in [5.41, 5.74) is 16.8. The van der Waals surface area contributed by atoms with Crippen molar-refractivity contribution >= 4 is 54.1 Å². The summed E-state index contributed by atoms with van der Waals surface area (Å²) in [5, 5.41) is 26.5. The molecule has 1 saturated heterocycles. The van der Waals surface area contributed by atoms with Crippen LogP contribution in [-0.2, 0) is 35.2 Å². The highest BCUT2D eigenvalue weighted by Gasteiger charge is 2.39. The number of guanidine groups is 1. The Hall–Kier alpha value is -4.39. The van der Waals surface area contributed by atoms with Gasteiger partial charge in [-0.2, -0.15) is 12.6 Å². The van der Waals surface area contributed by atoms with Crippen molar-refractivity contribution in [2.45, 2.75) is 68.7 Å². The number of nitrogens with two attached hydrogens (primary N) is 3. The van der Waals surface area contributed by atoms with Crippen LogP contribution in [0.5, 0.6) is 0 Å². The van der Waals surface area contributed by atoms with Crippen LogP contribution in [0.25, 0.3) is 0 Å². The number of rotatable bonds is 17. The SMILES string of the molecule is N=C(N)NCCC[C@H](N)C(=O)N[C@@H](CS)C(=O)N1CCC[C@H]1C(=O)N[C@@H](CC(N)=O)C(=O)N[C@@H](Cc1c[nH]cn1)C(=O)O. The third kappa shape index (κ3) is 11.1. The molecule has 0 unspecified atom stereocenters. The molecule has 43 heavy (non-hydrogen) atoms. The van der Waals surface area contributed by atoms with Crippen LogP contribution in [0.3, 0.4) is 0 Å². The summed E-state index contributed by atoms with van der Waals surface area (Å²) in [7, 11) is 0. The molecule has 19 heteroatoms. The first kappa shape index (κ1) is 34.8. The van der Waals surface area contributed by atoms with Crippen LogP contribution in [0, 0.1) is 5.41 Å². The molecule has 0 bridgehead atoms. The second-order valence-electron chi connectivity index (χ2n) is 9.92. The van der Waals surface area contributed by atoms with E-state index in [1.165, 1.54) is 17.4 Å². The van der Waals surface area contributed by atoms with Crippen molar-refractivity contribution in [1.29, 1.82) is 5.41 Å². The van der Waals surface area contributed by atoms with Gasteiger partial charge in [0.15, 0.2) is 5.96 Å². The lowest BCUT2D eigenvalue weighted by Crippen LogP contribution is -2.59. The number of H-pyrrole nitrogens is 1. The maximum Gasteiger partial charge on any atom is 0.326 e. The fourth-order valence-electron chi connectivity index (χ4n) is 4.41. The Morgan fingerprint density at radius 1 is 1.12 bits per heavy atom. The number of carboxylic acid groups (broad SMARTS) is 1. The first-order valence-electron chi connectivity index (χ1n) is 13.5. The van der Waals surface area contributed by atoms with Gasteiger partial charge in [-0.25, -0.2) is 9.78 Å². The summed E-state index contributed by atoms with van der Waals surface area (Å²) in [6.45, 7) is 0.517. The third-order valence-corrected chi connectivity index (χ3v) is 6.97. The number of carbonyl (C=O) groups is 6. The monoisotopic (exact) mass is 625 g/mol. The largest absolute Gasteiger partial charge is 0.480 e. The molecule has 238 valence electrons. The summed E-state index contributed by atoms with van der Waals surface area (Å²) in [6.07, 6.45) is 3.38. The van der Waals surface area contributed by atoms with E-state index >= 15 is 0 Å². The Bertz CT molecular complexity index is 1170. The molecule has 5 amide bonds. The Labute approximate surface area is 252 Å². The van der Waals surface area contributed by atoms with Crippen molar-refractivity contribution < 1.29 is 33.9 Å². The van der Waals surface area contributed by atoms with Gasteiger partial charge >= 0.3 is 5.97 Å². The number of hydrogen-bond donors (Lipinski definition) is 11. The minimum absolute atomic E-state index is 0.0900. The van der Waals surface area contributed by atoms with Crippen molar-refractivity contribution in [2.75, 3.05) is 18.8 Å². The number of aliphatic carboxylic acids is 1. The highest BCUT2D eigenvalue weighted by molar-refractivity contribution is 7.80. The molecule has 5 atom stereocenters. The second kappa shape index (κ2) is 16.9. The molecule has 1 aliphatic rings. The van der Waals surface area contributed by atoms with Crippen LogP contribution in [0.1, 0.15) is 37.8 Å². The average Bonchev–Trinajstić information content (AvgIpc) is 3.64. The van der Waals surface area contributed by atoms with Crippen molar-refractivity contribution in [3.05, 3.63) is 18.2 Å². The van der Waals surface area contributed by atoms with Crippen LogP contribution < -0.4 is 38.5 Å². The molecule has 1 aromatic heterocycles. The molecule has 2 rings (SSSR count). The van der Waals surface area contributed by atoms with Gasteiger partial charge in [0.25, 0.3) is 0 Å². The number of primary amides is 1. The molecule has 0 spiro atoms. The van der Waals surface area contributed by atoms with E-state index in [0.29, 0.717) is 25.1 Å². The van der Waals surface area contributed by atoms with E-state index in [1.807, 2.05) is 0 Å². The molecule has 1 aromatic rings. The molecule has 1 fully saturated rings. The van der Waals surface area contributed by atoms with E-state index in [2.05, 4.69) is 43.9 Å².